The summed E-state index contributed by atoms with van der Waals surface area (Å²) in [5.41, 5.74) is 0. The minimum atomic E-state index is -0.961. The van der Waals surface area contributed by atoms with E-state index in [1.807, 2.05) is 0 Å². The van der Waals surface area contributed by atoms with Crippen molar-refractivity contribution >= 4 is 16.8 Å². The molecule has 1 unspecified atom stereocenters. The lowest BCUT2D eigenvalue weighted by Crippen LogP contribution is -2.44. The third-order valence-electron chi connectivity index (χ3n) is 2.52. The smallest absolute Gasteiger partial charge is 0.318 e. The largest absolute Gasteiger partial charge is 0.460 e. The standard InChI is InChI=1S/C8H12O3S/c9-8-5-12(10)7-4-2-1-3-6(7)11-8/h6-7H,1-5H2/t6-,7-,12?/m0/s1. The number of esters is 1. The number of rotatable bonds is 0. The minimum Gasteiger partial charge on any atom is -0.460 e. The van der Waals surface area contributed by atoms with Gasteiger partial charge in [0.25, 0.3) is 0 Å². The van der Waals surface area contributed by atoms with Crippen LogP contribution in [-0.4, -0.2) is 27.3 Å². The van der Waals surface area contributed by atoms with Gasteiger partial charge >= 0.3 is 5.97 Å². The highest BCUT2D eigenvalue weighted by molar-refractivity contribution is 7.86. The van der Waals surface area contributed by atoms with Gasteiger partial charge < -0.3 is 4.74 Å². The molecule has 1 saturated heterocycles. The van der Waals surface area contributed by atoms with Crippen LogP contribution in [0.3, 0.4) is 0 Å². The Kier molecular flexibility index (Phi) is 2.17. The van der Waals surface area contributed by atoms with Gasteiger partial charge in [-0.1, -0.05) is 6.42 Å². The zero-order chi connectivity index (χ0) is 8.55. The van der Waals surface area contributed by atoms with Gasteiger partial charge in [-0.3, -0.25) is 9.00 Å². The monoisotopic (exact) mass is 188 g/mol. The average molecular weight is 188 g/mol. The van der Waals surface area contributed by atoms with E-state index < -0.39 is 10.8 Å². The van der Waals surface area contributed by atoms with Crippen molar-refractivity contribution in [2.45, 2.75) is 37.0 Å². The zero-order valence-electron chi connectivity index (χ0n) is 6.82. The number of carbonyl (C=O) groups is 1. The van der Waals surface area contributed by atoms with Gasteiger partial charge in [-0.2, -0.15) is 0 Å². The minimum absolute atomic E-state index is 0.0409. The molecule has 0 aromatic carbocycles. The average Bonchev–Trinajstić information content (AvgIpc) is 2.04. The van der Waals surface area contributed by atoms with Crippen LogP contribution in [0.1, 0.15) is 25.7 Å². The van der Waals surface area contributed by atoms with E-state index >= 15 is 0 Å². The van der Waals surface area contributed by atoms with Gasteiger partial charge in [0.2, 0.25) is 0 Å². The number of fused-ring (bicyclic) bond motifs is 1. The first-order valence-electron chi connectivity index (χ1n) is 4.34. The Balaban J connectivity index is 2.11. The van der Waals surface area contributed by atoms with Crippen LogP contribution in [0, 0.1) is 0 Å². The lowest BCUT2D eigenvalue weighted by atomic mass is 9.97. The quantitative estimate of drug-likeness (QED) is 0.523. The Bertz CT molecular complexity index is 226. The second kappa shape index (κ2) is 3.17. The summed E-state index contributed by atoms with van der Waals surface area (Å²) in [6, 6.07) is 0. The molecule has 3 atom stereocenters. The first-order chi connectivity index (χ1) is 5.77. The van der Waals surface area contributed by atoms with Crippen LogP contribution in [0.15, 0.2) is 0 Å². The molecule has 68 valence electrons. The van der Waals surface area contributed by atoms with E-state index in [0.29, 0.717) is 0 Å². The molecule has 4 heteroatoms. The molecule has 2 fully saturated rings. The highest BCUT2D eigenvalue weighted by Crippen LogP contribution is 2.28. The second-order valence-corrected chi connectivity index (χ2v) is 5.03. The molecular weight excluding hydrogens is 176 g/mol. The maximum absolute atomic E-state index is 11.4. The Labute approximate surface area is 73.9 Å². The van der Waals surface area contributed by atoms with E-state index in [-0.39, 0.29) is 23.1 Å². The first-order valence-corrected chi connectivity index (χ1v) is 5.72. The third-order valence-corrected chi connectivity index (χ3v) is 4.26. The summed E-state index contributed by atoms with van der Waals surface area (Å²) in [5, 5.41) is 0.136. The van der Waals surface area contributed by atoms with Crippen molar-refractivity contribution < 1.29 is 13.7 Å². The SMILES string of the molecule is O=C1CS(=O)[C@H]2CCCC[C@@H]2O1. The summed E-state index contributed by atoms with van der Waals surface area (Å²) in [6.07, 6.45) is 4.06. The maximum atomic E-state index is 11.4. The fourth-order valence-corrected chi connectivity index (χ4v) is 3.40. The van der Waals surface area contributed by atoms with Crippen LogP contribution in [0.25, 0.3) is 0 Å². The molecule has 1 aliphatic heterocycles. The molecule has 0 amide bonds. The van der Waals surface area contributed by atoms with Crippen molar-refractivity contribution in [1.29, 1.82) is 0 Å². The summed E-state index contributed by atoms with van der Waals surface area (Å²) >= 11 is 0. The molecule has 2 aliphatic rings. The fraction of sp³-hybridized carbons (Fsp3) is 0.875. The number of ether oxygens (including phenoxy) is 1. The van der Waals surface area contributed by atoms with Crippen molar-refractivity contribution in [2.75, 3.05) is 5.75 Å². The van der Waals surface area contributed by atoms with Crippen molar-refractivity contribution in [3.63, 3.8) is 0 Å². The fourth-order valence-electron chi connectivity index (χ4n) is 1.92. The molecule has 1 aliphatic carbocycles. The van der Waals surface area contributed by atoms with Crippen LogP contribution >= 0.6 is 0 Å². The van der Waals surface area contributed by atoms with Crippen molar-refractivity contribution in [3.05, 3.63) is 0 Å². The van der Waals surface area contributed by atoms with Gasteiger partial charge in [-0.05, 0) is 19.3 Å². The van der Waals surface area contributed by atoms with E-state index in [1.165, 1.54) is 0 Å². The van der Waals surface area contributed by atoms with E-state index in [2.05, 4.69) is 0 Å². The summed E-state index contributed by atoms with van der Waals surface area (Å²) in [6.45, 7) is 0. The number of carbonyl (C=O) groups excluding carboxylic acids is 1. The summed E-state index contributed by atoms with van der Waals surface area (Å²) in [5.74, 6) is -0.169. The lowest BCUT2D eigenvalue weighted by Gasteiger charge is -2.33. The molecule has 0 radical (unpaired) electrons. The Morgan fingerprint density at radius 2 is 2.08 bits per heavy atom. The molecule has 0 bridgehead atoms. The van der Waals surface area contributed by atoms with Gasteiger partial charge in [0.15, 0.2) is 0 Å². The number of hydrogen-bond acceptors (Lipinski definition) is 3. The maximum Gasteiger partial charge on any atom is 0.318 e. The van der Waals surface area contributed by atoms with Crippen molar-refractivity contribution in [1.82, 2.24) is 0 Å². The highest BCUT2D eigenvalue weighted by Gasteiger charge is 2.37. The van der Waals surface area contributed by atoms with Crippen LogP contribution in [0.5, 0.6) is 0 Å². The van der Waals surface area contributed by atoms with Gasteiger partial charge in [-0.25, -0.2) is 0 Å². The second-order valence-electron chi connectivity index (χ2n) is 3.38. The lowest BCUT2D eigenvalue weighted by molar-refractivity contribution is -0.148. The van der Waals surface area contributed by atoms with Crippen LogP contribution in [0.4, 0.5) is 0 Å². The normalized spacial score (nSPS) is 41.7. The van der Waals surface area contributed by atoms with Crippen LogP contribution in [-0.2, 0) is 20.3 Å². The van der Waals surface area contributed by atoms with Gasteiger partial charge in [0.1, 0.15) is 11.9 Å². The van der Waals surface area contributed by atoms with Crippen molar-refractivity contribution in [3.8, 4) is 0 Å². The predicted octanol–water partition coefficient (Wildman–Crippen LogP) is 0.603. The van der Waals surface area contributed by atoms with E-state index in [9.17, 15) is 9.00 Å². The van der Waals surface area contributed by atoms with E-state index in [4.69, 9.17) is 4.74 Å². The molecule has 3 nitrogen and oxygen atoms in total. The Morgan fingerprint density at radius 3 is 2.92 bits per heavy atom. The molecule has 1 heterocycles. The molecule has 1 saturated carbocycles. The molecule has 0 N–H and O–H groups in total. The van der Waals surface area contributed by atoms with E-state index in [0.717, 1.165) is 25.7 Å². The van der Waals surface area contributed by atoms with Gasteiger partial charge in [0, 0.05) is 10.8 Å². The summed E-state index contributed by atoms with van der Waals surface area (Å²) in [4.78, 5) is 10.9. The van der Waals surface area contributed by atoms with Gasteiger partial charge in [0.05, 0.1) is 5.25 Å². The summed E-state index contributed by atoms with van der Waals surface area (Å²) in [7, 11) is -0.961. The summed E-state index contributed by atoms with van der Waals surface area (Å²) < 4.78 is 16.6. The topological polar surface area (TPSA) is 43.4 Å². The van der Waals surface area contributed by atoms with Crippen LogP contribution in [0.2, 0.25) is 0 Å². The van der Waals surface area contributed by atoms with Crippen LogP contribution < -0.4 is 0 Å². The molecule has 0 aromatic heterocycles. The molecule has 2 rings (SSSR count). The zero-order valence-corrected chi connectivity index (χ0v) is 7.64. The molecule has 0 aromatic rings. The van der Waals surface area contributed by atoms with E-state index in [1.54, 1.807) is 0 Å². The molecule has 0 spiro atoms. The Hall–Kier alpha value is -0.380. The van der Waals surface area contributed by atoms with Crippen molar-refractivity contribution in [2.24, 2.45) is 0 Å². The number of hydrogen-bond donors (Lipinski definition) is 0. The molecule has 12 heavy (non-hydrogen) atoms. The van der Waals surface area contributed by atoms with Gasteiger partial charge in [-0.15, -0.1) is 0 Å². The molecular formula is C8H12O3S. The third kappa shape index (κ3) is 1.40. The highest BCUT2D eigenvalue weighted by atomic mass is 32.2. The first kappa shape index (κ1) is 8.23. The predicted molar refractivity (Wildman–Crippen MR) is 45.1 cm³/mol. The Morgan fingerprint density at radius 1 is 1.33 bits per heavy atom.